The second-order valence-electron chi connectivity index (χ2n) is 11.6. The van der Waals surface area contributed by atoms with Crippen LogP contribution in [0.4, 0.5) is 24.5 Å². The van der Waals surface area contributed by atoms with E-state index in [2.05, 4.69) is 25.0 Å². The molecule has 1 aliphatic rings. The topological polar surface area (TPSA) is 168 Å². The Morgan fingerprint density at radius 1 is 0.941 bits per heavy atom. The largest absolute Gasteiger partial charge is 0.506 e. The minimum atomic E-state index is -4.94. The third-order valence-electron chi connectivity index (χ3n) is 8.80. The number of phenolic OH excluding ortho intramolecular Hbond substituents is 1. The Morgan fingerprint density at radius 3 is 2.39 bits per heavy atom. The Balaban J connectivity index is 1.18. The molecular weight excluding hydrogens is 675 g/mol. The van der Waals surface area contributed by atoms with E-state index in [1.54, 1.807) is 36.4 Å². The van der Waals surface area contributed by atoms with Crippen molar-refractivity contribution in [3.63, 3.8) is 0 Å². The van der Waals surface area contributed by atoms with Crippen LogP contribution < -0.4 is 24.4 Å². The fraction of sp³-hybridized carbons (Fsp3) is 0.200. The van der Waals surface area contributed by atoms with Gasteiger partial charge in [0, 0.05) is 51.6 Å². The predicted octanol–water partition coefficient (Wildman–Crippen LogP) is 6.19. The third kappa shape index (κ3) is 5.35. The van der Waals surface area contributed by atoms with Gasteiger partial charge in [-0.05, 0) is 48.4 Å². The van der Waals surface area contributed by atoms with Gasteiger partial charge in [0.25, 0.3) is 11.8 Å². The number of aromatic hydroxyl groups is 1. The number of nitrogens with one attached hydrogen (secondary N) is 3. The minimum Gasteiger partial charge on any atom is -0.506 e. The summed E-state index contributed by atoms with van der Waals surface area (Å²) in [6.07, 6.45) is -3.31. The minimum absolute atomic E-state index is 0.0682. The van der Waals surface area contributed by atoms with E-state index in [1.165, 1.54) is 38.5 Å². The van der Waals surface area contributed by atoms with Gasteiger partial charge in [-0.25, -0.2) is 4.79 Å². The van der Waals surface area contributed by atoms with Gasteiger partial charge < -0.3 is 44.2 Å². The Bertz CT molecular complexity index is 2430. The Kier molecular flexibility index (Phi) is 7.88. The number of H-pyrrole nitrogens is 2. The van der Waals surface area contributed by atoms with Gasteiger partial charge in [0.15, 0.2) is 11.5 Å². The number of carbonyl (C=O) groups is 3. The molecule has 0 radical (unpaired) electrons. The number of benzene rings is 3. The summed E-state index contributed by atoms with van der Waals surface area (Å²) in [7, 11) is 5.41. The third-order valence-corrected chi connectivity index (χ3v) is 8.80. The van der Waals surface area contributed by atoms with E-state index in [0.717, 1.165) is 7.11 Å². The highest BCUT2D eigenvalue weighted by molar-refractivity contribution is 6.15. The summed E-state index contributed by atoms with van der Waals surface area (Å²) in [6.45, 7) is 0.0682. The molecule has 0 fully saturated rings. The molecule has 262 valence electrons. The molecule has 6 aromatic rings. The second kappa shape index (κ2) is 12.2. The van der Waals surface area contributed by atoms with Crippen molar-refractivity contribution in [2.75, 3.05) is 45.2 Å². The molecule has 1 aliphatic heterocycles. The van der Waals surface area contributed by atoms with Gasteiger partial charge in [-0.15, -0.1) is 0 Å². The number of anilines is 2. The van der Waals surface area contributed by atoms with Crippen molar-refractivity contribution in [1.29, 1.82) is 0 Å². The van der Waals surface area contributed by atoms with E-state index in [-0.39, 0.29) is 46.5 Å². The number of fused-ring (bicyclic) bond motifs is 5. The van der Waals surface area contributed by atoms with Crippen LogP contribution in [-0.4, -0.2) is 72.8 Å². The van der Waals surface area contributed by atoms with Crippen molar-refractivity contribution in [3.05, 3.63) is 76.9 Å². The molecule has 16 heteroatoms. The van der Waals surface area contributed by atoms with Gasteiger partial charge in [-0.2, -0.15) is 13.2 Å². The maximum absolute atomic E-state index is 13.9. The molecule has 51 heavy (non-hydrogen) atoms. The van der Waals surface area contributed by atoms with Gasteiger partial charge >= 0.3 is 12.1 Å². The molecule has 4 heterocycles. The van der Waals surface area contributed by atoms with E-state index in [0.29, 0.717) is 44.6 Å². The number of alkyl halides is 3. The lowest BCUT2D eigenvalue weighted by atomic mass is 10.0. The number of aromatic amines is 2. The van der Waals surface area contributed by atoms with E-state index >= 15 is 0 Å². The van der Waals surface area contributed by atoms with Crippen LogP contribution in [-0.2, 0) is 17.3 Å². The van der Waals surface area contributed by atoms with Gasteiger partial charge in [0.2, 0.25) is 5.75 Å². The first kappa shape index (κ1) is 33.1. The zero-order valence-corrected chi connectivity index (χ0v) is 27.4. The lowest BCUT2D eigenvalue weighted by molar-refractivity contribution is -0.141. The molecule has 7 rings (SSSR count). The molecule has 0 saturated carbocycles. The average Bonchev–Trinajstić information content (AvgIpc) is 3.85. The molecule has 0 atom stereocenters. The van der Waals surface area contributed by atoms with E-state index < -0.39 is 41.0 Å². The standard InChI is InChI=1S/C35H28F3N5O8/c1-48-25-11-16-14-39-21(12-19(16)29(49-2)30(25)50-3)32(45)40-17-5-6-20-15(9-17)10-22(41-20)33(46)43-8-7-18-23(43)13-24(44)28-26(18)27(34(47)51-4)31(42-28)35(36,37)38/h5-6,9-14,41-42,44H,7-8H2,1-4H3,(H,40,45). The van der Waals surface area contributed by atoms with Crippen molar-refractivity contribution in [2.24, 2.45) is 0 Å². The number of carbonyl (C=O) groups excluding carboxylic acids is 3. The molecule has 0 bridgehead atoms. The number of nitrogens with zero attached hydrogens (tertiary/aromatic N) is 2. The number of methoxy groups -OCH3 is 4. The number of hydrogen-bond acceptors (Lipinski definition) is 9. The zero-order valence-electron chi connectivity index (χ0n) is 27.4. The monoisotopic (exact) mass is 703 g/mol. The highest BCUT2D eigenvalue weighted by Crippen LogP contribution is 2.46. The first-order valence-electron chi connectivity index (χ1n) is 15.3. The molecule has 13 nitrogen and oxygen atoms in total. The van der Waals surface area contributed by atoms with Crippen molar-refractivity contribution in [1.82, 2.24) is 15.0 Å². The normalized spacial score (nSPS) is 12.7. The molecule has 2 amide bonds. The lowest BCUT2D eigenvalue weighted by Crippen LogP contribution is -2.29. The second-order valence-corrected chi connectivity index (χ2v) is 11.6. The van der Waals surface area contributed by atoms with Crippen LogP contribution in [0.2, 0.25) is 0 Å². The molecule has 3 aromatic carbocycles. The first-order valence-corrected chi connectivity index (χ1v) is 15.3. The summed E-state index contributed by atoms with van der Waals surface area (Å²) in [5.41, 5.74) is -0.741. The SMILES string of the molecule is COC(=O)c1c(C(F)(F)F)[nH]c2c(O)cc3c(c12)CCN3C(=O)c1cc2cc(NC(=O)c3cc4c(OC)c(OC)c(OC)cc4cn3)ccc2[nH]1. The van der Waals surface area contributed by atoms with Crippen LogP contribution >= 0.6 is 0 Å². The maximum atomic E-state index is 13.9. The quantitative estimate of drug-likeness (QED) is 0.142. The van der Waals surface area contributed by atoms with Crippen LogP contribution in [0.25, 0.3) is 32.6 Å². The summed E-state index contributed by atoms with van der Waals surface area (Å²) >= 11 is 0. The number of phenols is 1. The van der Waals surface area contributed by atoms with Gasteiger partial charge in [-0.1, -0.05) is 0 Å². The first-order chi connectivity index (χ1) is 24.4. The summed E-state index contributed by atoms with van der Waals surface area (Å²) in [6, 6.07) is 11.0. The fourth-order valence-corrected chi connectivity index (χ4v) is 6.53. The van der Waals surface area contributed by atoms with Crippen molar-refractivity contribution in [3.8, 4) is 23.0 Å². The van der Waals surface area contributed by atoms with Crippen LogP contribution in [0, 0.1) is 0 Å². The summed E-state index contributed by atoms with van der Waals surface area (Å²) in [5, 5.41) is 15.2. The smallest absolute Gasteiger partial charge is 0.432 e. The molecule has 0 unspecified atom stereocenters. The number of halogens is 3. The zero-order chi connectivity index (χ0) is 36.4. The van der Waals surface area contributed by atoms with Crippen LogP contribution in [0.15, 0.2) is 48.7 Å². The van der Waals surface area contributed by atoms with Crippen molar-refractivity contribution >= 4 is 61.7 Å². The number of hydrogen-bond donors (Lipinski definition) is 4. The number of esters is 1. The highest BCUT2D eigenvalue weighted by atomic mass is 19.4. The lowest BCUT2D eigenvalue weighted by Gasteiger charge is -2.17. The molecule has 3 aromatic heterocycles. The van der Waals surface area contributed by atoms with E-state index in [4.69, 9.17) is 14.2 Å². The van der Waals surface area contributed by atoms with E-state index in [1.807, 2.05) is 0 Å². The predicted molar refractivity (Wildman–Crippen MR) is 179 cm³/mol. The summed E-state index contributed by atoms with van der Waals surface area (Å²) < 4.78 is 62.7. The van der Waals surface area contributed by atoms with Crippen LogP contribution in [0.1, 0.15) is 42.6 Å². The fourth-order valence-electron chi connectivity index (χ4n) is 6.53. The Hall–Kier alpha value is -6.45. The molecular formula is C35H28F3N5O8. The summed E-state index contributed by atoms with van der Waals surface area (Å²) in [5.74, 6) is -1.66. The maximum Gasteiger partial charge on any atom is 0.432 e. The average molecular weight is 704 g/mol. The van der Waals surface area contributed by atoms with E-state index in [9.17, 15) is 32.7 Å². The number of rotatable bonds is 7. The number of amides is 2. The summed E-state index contributed by atoms with van der Waals surface area (Å²) in [4.78, 5) is 50.4. The number of ether oxygens (including phenoxy) is 4. The van der Waals surface area contributed by atoms with Gasteiger partial charge in [0.05, 0.1) is 45.2 Å². The highest BCUT2D eigenvalue weighted by Gasteiger charge is 2.42. The van der Waals surface area contributed by atoms with Crippen molar-refractivity contribution in [2.45, 2.75) is 12.6 Å². The van der Waals surface area contributed by atoms with Crippen molar-refractivity contribution < 1.29 is 51.6 Å². The molecule has 0 spiro atoms. The van der Waals surface area contributed by atoms with Crippen LogP contribution in [0.5, 0.6) is 23.0 Å². The van der Waals surface area contributed by atoms with Crippen LogP contribution in [0.3, 0.4) is 0 Å². The number of pyridine rings is 1. The molecule has 0 aliphatic carbocycles. The van der Waals surface area contributed by atoms with Gasteiger partial charge in [-0.3, -0.25) is 14.6 Å². The molecule has 0 saturated heterocycles. The molecule has 4 N–H and O–H groups in total. The number of aromatic nitrogens is 3. The Morgan fingerprint density at radius 2 is 1.71 bits per heavy atom. The Labute approximate surface area is 285 Å². The van der Waals surface area contributed by atoms with Gasteiger partial charge in [0.1, 0.15) is 22.8 Å².